The van der Waals surface area contributed by atoms with Crippen LogP contribution in [-0.2, 0) is 97.6 Å². The average Bonchev–Trinajstić information content (AvgIpc) is 1.49. The van der Waals surface area contributed by atoms with Crippen LogP contribution in [0.15, 0.2) is 60.9 Å². The van der Waals surface area contributed by atoms with E-state index >= 15 is 0 Å². The van der Waals surface area contributed by atoms with Gasteiger partial charge in [0.1, 0.15) is 44.2 Å². The first-order chi connectivity index (χ1) is 50.1. The Morgan fingerprint density at radius 1 is 0.712 bits per heavy atom. The fourth-order valence-electron chi connectivity index (χ4n) is 12.4. The molecule has 9 rings (SSSR count). The number of primary amides is 1. The van der Waals surface area contributed by atoms with Crippen LogP contribution in [0.4, 0.5) is 20.1 Å². The van der Waals surface area contributed by atoms with E-state index in [9.17, 15) is 47.9 Å². The zero-order chi connectivity index (χ0) is 74.2. The molecule has 1 saturated carbocycles. The molecule has 562 valence electrons. The molecule has 1 saturated heterocycles. The zero-order valence-corrected chi connectivity index (χ0v) is 59.6. The van der Waals surface area contributed by atoms with Gasteiger partial charge in [-0.1, -0.05) is 31.2 Å². The van der Waals surface area contributed by atoms with Crippen molar-refractivity contribution in [3.63, 3.8) is 0 Å². The van der Waals surface area contributed by atoms with Crippen molar-refractivity contribution in [2.24, 2.45) is 23.5 Å². The molecule has 0 spiro atoms. The number of hydrogen-bond acceptors (Lipinski definition) is 21. The van der Waals surface area contributed by atoms with Crippen molar-refractivity contribution in [3.05, 3.63) is 89.0 Å². The minimum atomic E-state index is -1.10. The van der Waals surface area contributed by atoms with Crippen LogP contribution in [0.1, 0.15) is 86.9 Å². The fourth-order valence-corrected chi connectivity index (χ4v) is 12.4. The summed E-state index contributed by atoms with van der Waals surface area (Å²) in [5, 5.41) is 25.9. The molecule has 10 amide bonds. The average molecular weight is 1450 g/mol. The van der Waals surface area contributed by atoms with Gasteiger partial charge in [-0.25, -0.2) is 19.2 Å². The van der Waals surface area contributed by atoms with Crippen molar-refractivity contribution in [1.29, 1.82) is 0 Å². The maximum atomic E-state index is 13.9. The molecule has 33 heteroatoms. The maximum Gasteiger partial charge on any atom is 0.415 e. The van der Waals surface area contributed by atoms with Gasteiger partial charge in [0.25, 0.3) is 11.8 Å². The fraction of sp³-hybridized carbons (Fsp3) is 0.535. The highest BCUT2D eigenvalue weighted by Gasteiger charge is 2.52. The quantitative estimate of drug-likeness (QED) is 0.0155. The third kappa shape index (κ3) is 22.3. The molecule has 4 heterocycles. The number of aromatic amines is 2. The summed E-state index contributed by atoms with van der Waals surface area (Å²) in [7, 11) is 3.13. The Balaban J connectivity index is 0.619. The van der Waals surface area contributed by atoms with Crippen LogP contribution < -0.4 is 41.7 Å². The highest BCUT2D eigenvalue weighted by Crippen LogP contribution is 2.49. The summed E-state index contributed by atoms with van der Waals surface area (Å²) in [6.45, 7) is 10.6. The molecule has 2 aliphatic carbocycles. The van der Waals surface area contributed by atoms with Crippen LogP contribution in [0.5, 0.6) is 5.75 Å². The van der Waals surface area contributed by atoms with Crippen LogP contribution >= 0.6 is 0 Å². The highest BCUT2D eigenvalue weighted by atomic mass is 16.7. The number of likely N-dealkylation sites (N-methyl/N-ethyl adjacent to an activating group) is 2. The Kier molecular flexibility index (Phi) is 29.0. The number of nitrogens with zero attached hydrogens (tertiary/aromatic N) is 6. The van der Waals surface area contributed by atoms with E-state index in [1.54, 1.807) is 64.5 Å². The predicted octanol–water partition coefficient (Wildman–Crippen LogP) is 3.62. The number of rotatable bonds is 40. The standard InChI is InChI=1S/C71H94N14O19/c1-43(2)64(79-59(87)41-100-31-28-84-57-18-15-51-50(14-17-55(57)80-81-84)66(51)101-42-58(86)74-25-30-97-33-35-99-37-36-98-34-32-96-29-22-62(90)104-85-60(88)19-20-61(85)89)68(92)78-56(8-7-23-75-69(72)93)67(91)76-47-11-9-46(10-12-47)40-102-70(94)82(5)26-27-83(6)71(95)103-48-13-16-54-52(38-48)63-44(3)53-39-73-24-21-49(53)45(4)65(63)77-54/h9-13,16,21,24,38-39,43,50-51,56,64,66H,7-8,14-15,17-20,22-23,25-37,40-42H2,1-6H3,(H8,72,73,74,75,76,77,78,79,86,87,91,92,93)/p+1/t50-,51+,56+,64+,66?/m1/s1. The van der Waals surface area contributed by atoms with Crippen LogP contribution in [0.2, 0.25) is 0 Å². The monoisotopic (exact) mass is 1450 g/mol. The number of nitrogens with one attached hydrogen (secondary N) is 7. The number of aromatic nitrogens is 5. The summed E-state index contributed by atoms with van der Waals surface area (Å²) in [6, 6.07) is 11.1. The van der Waals surface area contributed by atoms with Crippen LogP contribution in [-0.4, -0.2) is 226 Å². The number of imide groups is 1. The van der Waals surface area contributed by atoms with E-state index in [0.29, 0.717) is 80.0 Å². The van der Waals surface area contributed by atoms with Gasteiger partial charge in [-0.15, -0.1) is 5.06 Å². The molecule has 3 aliphatic rings. The topological polar surface area (TPSA) is 411 Å². The van der Waals surface area contributed by atoms with Gasteiger partial charge >= 0.3 is 24.2 Å². The lowest BCUT2D eigenvalue weighted by Gasteiger charge is -2.25. The van der Waals surface area contributed by atoms with Gasteiger partial charge in [-0.2, -0.15) is 4.68 Å². The number of aryl methyl sites for hydroxylation is 3. The minimum absolute atomic E-state index is 0.0279. The molecule has 0 bridgehead atoms. The van der Waals surface area contributed by atoms with E-state index in [1.165, 1.54) is 9.80 Å². The van der Waals surface area contributed by atoms with E-state index in [4.69, 9.17) is 48.5 Å². The Morgan fingerprint density at radius 3 is 2.10 bits per heavy atom. The largest absolute Gasteiger partial charge is 0.445 e. The molecular formula is C71H95N14O19+. The number of H-pyrrole nitrogens is 2. The zero-order valence-electron chi connectivity index (χ0n) is 59.6. The number of nitrogens with two attached hydrogens (primary N) is 1. The second kappa shape index (κ2) is 38.5. The number of benzene rings is 3. The second-order valence-corrected chi connectivity index (χ2v) is 26.1. The van der Waals surface area contributed by atoms with Crippen molar-refractivity contribution in [2.75, 3.05) is 118 Å². The first-order valence-corrected chi connectivity index (χ1v) is 35.1. The second-order valence-electron chi connectivity index (χ2n) is 26.1. The van der Waals surface area contributed by atoms with Gasteiger partial charge in [0.15, 0.2) is 5.69 Å². The van der Waals surface area contributed by atoms with Gasteiger partial charge in [-0.05, 0) is 116 Å². The Hall–Kier alpha value is -9.93. The summed E-state index contributed by atoms with van der Waals surface area (Å²) >= 11 is 0. The number of carbonyl (C=O) groups excluding carboxylic acids is 10. The SMILES string of the molecule is Cc1c2ccncc2c(C)c2c1[nH]c1ccc(OC(=O)N(C)CCN(C)C(=O)OCc3ccc(NC(=O)[C@H](CCCNC(N)=O)NC(=O)[C@@H](NC(=O)COCC[n+]4[nH]nc5c4CC[C@@H]4C(OCC(=O)NCCOCCOCCOCCOCCC(=O)ON6C(=O)CCC6=O)[C@@H]4CC5)C(C)C)cc3)cc12. The lowest BCUT2D eigenvalue weighted by Crippen LogP contribution is -2.55. The van der Waals surface area contributed by atoms with E-state index in [2.05, 4.69) is 60.7 Å². The highest BCUT2D eigenvalue weighted by molar-refractivity contribution is 6.16. The number of carbonyl (C=O) groups is 10. The summed E-state index contributed by atoms with van der Waals surface area (Å²) in [6.07, 6.45) is 5.83. The molecule has 1 aliphatic heterocycles. The molecule has 3 aromatic carbocycles. The van der Waals surface area contributed by atoms with Crippen LogP contribution in [0, 0.1) is 31.6 Å². The molecule has 3 aromatic heterocycles. The molecule has 104 heavy (non-hydrogen) atoms. The first kappa shape index (κ1) is 78.2. The molecular weight excluding hydrogens is 1350 g/mol. The number of hydrogen-bond donors (Lipinski definition) is 8. The smallest absolute Gasteiger partial charge is 0.415 e. The summed E-state index contributed by atoms with van der Waals surface area (Å²) in [5.74, 6) is -3.16. The predicted molar refractivity (Wildman–Crippen MR) is 374 cm³/mol. The number of amides is 10. The molecule has 5 atom stereocenters. The number of pyridine rings is 1. The lowest BCUT2D eigenvalue weighted by molar-refractivity contribution is -0.761. The third-order valence-corrected chi connectivity index (χ3v) is 18.3. The van der Waals surface area contributed by atoms with Crippen LogP contribution in [0.3, 0.4) is 0 Å². The van der Waals surface area contributed by atoms with Crippen molar-refractivity contribution < 1.29 is 95.4 Å². The number of urea groups is 1. The Morgan fingerprint density at radius 2 is 1.39 bits per heavy atom. The van der Waals surface area contributed by atoms with E-state index in [1.807, 2.05) is 29.1 Å². The summed E-state index contributed by atoms with van der Waals surface area (Å²) < 4.78 is 46.9. The van der Waals surface area contributed by atoms with Crippen molar-refractivity contribution in [2.45, 2.75) is 117 Å². The van der Waals surface area contributed by atoms with Gasteiger partial charge in [0.05, 0.1) is 77.5 Å². The molecule has 2 fully saturated rings. The molecule has 6 aromatic rings. The van der Waals surface area contributed by atoms with Gasteiger partial charge in [-0.3, -0.25) is 33.8 Å². The third-order valence-electron chi connectivity index (χ3n) is 18.3. The molecule has 9 N–H and O–H groups in total. The number of fused-ring (bicyclic) bond motifs is 6. The number of ether oxygens (including phenoxy) is 8. The van der Waals surface area contributed by atoms with Gasteiger partial charge in [0.2, 0.25) is 29.3 Å². The van der Waals surface area contributed by atoms with Crippen LogP contribution in [0.25, 0.3) is 32.6 Å². The van der Waals surface area contributed by atoms with E-state index < -0.39 is 71.7 Å². The molecule has 33 nitrogen and oxygen atoms in total. The van der Waals surface area contributed by atoms with Crippen molar-refractivity contribution in [1.82, 2.24) is 56.4 Å². The molecule has 0 radical (unpaired) electrons. The van der Waals surface area contributed by atoms with E-state index in [-0.39, 0.29) is 110 Å². The maximum absolute atomic E-state index is 13.9. The van der Waals surface area contributed by atoms with Crippen molar-refractivity contribution in [3.8, 4) is 5.75 Å². The Labute approximate surface area is 600 Å². The van der Waals surface area contributed by atoms with Crippen molar-refractivity contribution >= 4 is 97.9 Å². The normalized spacial score (nSPS) is 16.1. The van der Waals surface area contributed by atoms with Gasteiger partial charge in [0, 0.05) is 111 Å². The number of hydroxylamine groups is 2. The van der Waals surface area contributed by atoms with E-state index in [0.717, 1.165) is 80.8 Å². The lowest BCUT2D eigenvalue weighted by atomic mass is 9.97. The number of anilines is 1. The summed E-state index contributed by atoms with van der Waals surface area (Å²) in [5.41, 5.74) is 12.3. The Bertz CT molecular complexity index is 3980. The molecule has 1 unspecified atom stereocenters. The first-order valence-electron chi connectivity index (χ1n) is 35.1. The summed E-state index contributed by atoms with van der Waals surface area (Å²) in [4.78, 5) is 142. The minimum Gasteiger partial charge on any atom is -0.445 e. The van der Waals surface area contributed by atoms with Gasteiger partial charge < -0.3 is 89.8 Å².